The summed E-state index contributed by atoms with van der Waals surface area (Å²) in [6, 6.07) is 12.7. The lowest BCUT2D eigenvalue weighted by Crippen LogP contribution is -2.30. The van der Waals surface area contributed by atoms with Crippen LogP contribution in [-0.2, 0) is 12.8 Å². The van der Waals surface area contributed by atoms with Gasteiger partial charge in [0.25, 0.3) is 0 Å². The molecular formula is C18H21Cl2N. The van der Waals surface area contributed by atoms with Gasteiger partial charge in [0, 0.05) is 16.1 Å². The van der Waals surface area contributed by atoms with Gasteiger partial charge < -0.3 is 5.32 Å². The van der Waals surface area contributed by atoms with Crippen LogP contribution in [0, 0.1) is 13.8 Å². The lowest BCUT2D eigenvalue weighted by atomic mass is 9.95. The molecule has 1 N–H and O–H groups in total. The fraction of sp³-hybridized carbons (Fsp3) is 0.333. The Labute approximate surface area is 137 Å². The van der Waals surface area contributed by atoms with E-state index in [2.05, 4.69) is 37.4 Å². The molecule has 0 bridgehead atoms. The molecule has 0 radical (unpaired) electrons. The third-order valence-electron chi connectivity index (χ3n) is 3.86. The molecule has 0 aliphatic rings. The quantitative estimate of drug-likeness (QED) is 0.818. The van der Waals surface area contributed by atoms with E-state index >= 15 is 0 Å². The van der Waals surface area contributed by atoms with Crippen molar-refractivity contribution in [2.75, 3.05) is 7.05 Å². The van der Waals surface area contributed by atoms with Crippen molar-refractivity contribution in [1.82, 2.24) is 5.32 Å². The maximum atomic E-state index is 6.28. The van der Waals surface area contributed by atoms with Gasteiger partial charge >= 0.3 is 0 Å². The topological polar surface area (TPSA) is 12.0 Å². The summed E-state index contributed by atoms with van der Waals surface area (Å²) in [6.07, 6.45) is 1.88. The van der Waals surface area contributed by atoms with E-state index in [0.29, 0.717) is 11.1 Å². The molecule has 2 aromatic rings. The molecule has 0 saturated carbocycles. The summed E-state index contributed by atoms with van der Waals surface area (Å²) in [5.41, 5.74) is 5.16. The molecule has 2 aromatic carbocycles. The molecule has 2 rings (SSSR count). The molecule has 1 nitrogen and oxygen atoms in total. The minimum absolute atomic E-state index is 0.351. The van der Waals surface area contributed by atoms with Gasteiger partial charge in [-0.05, 0) is 62.6 Å². The van der Waals surface area contributed by atoms with E-state index in [4.69, 9.17) is 23.2 Å². The minimum atomic E-state index is 0.351. The largest absolute Gasteiger partial charge is 0.316 e. The predicted molar refractivity (Wildman–Crippen MR) is 92.6 cm³/mol. The lowest BCUT2D eigenvalue weighted by Gasteiger charge is -2.19. The molecule has 0 heterocycles. The normalized spacial score (nSPS) is 12.4. The highest BCUT2D eigenvalue weighted by atomic mass is 35.5. The van der Waals surface area contributed by atoms with Crippen LogP contribution in [-0.4, -0.2) is 13.1 Å². The Morgan fingerprint density at radius 2 is 1.67 bits per heavy atom. The molecule has 3 heteroatoms. The number of hydrogen-bond acceptors (Lipinski definition) is 1. The van der Waals surface area contributed by atoms with Gasteiger partial charge in [-0.25, -0.2) is 0 Å². The molecule has 21 heavy (non-hydrogen) atoms. The van der Waals surface area contributed by atoms with Crippen LogP contribution in [0.5, 0.6) is 0 Å². The van der Waals surface area contributed by atoms with Gasteiger partial charge in [0.2, 0.25) is 0 Å². The van der Waals surface area contributed by atoms with E-state index in [0.717, 1.165) is 23.4 Å². The number of likely N-dealkylation sites (N-methyl/N-ethyl adjacent to an activating group) is 1. The van der Waals surface area contributed by atoms with Crippen molar-refractivity contribution in [3.8, 4) is 0 Å². The van der Waals surface area contributed by atoms with Gasteiger partial charge in [-0.1, -0.05) is 53.0 Å². The molecule has 0 aliphatic heterocycles. The number of rotatable bonds is 5. The van der Waals surface area contributed by atoms with E-state index < -0.39 is 0 Å². The summed E-state index contributed by atoms with van der Waals surface area (Å²) in [5.74, 6) is 0. The highest BCUT2D eigenvalue weighted by Gasteiger charge is 2.12. The molecule has 0 spiro atoms. The highest BCUT2D eigenvalue weighted by Crippen LogP contribution is 2.23. The second-order valence-corrected chi connectivity index (χ2v) is 6.40. The lowest BCUT2D eigenvalue weighted by molar-refractivity contribution is 0.555. The Kier molecular flexibility index (Phi) is 5.69. The Balaban J connectivity index is 2.14. The van der Waals surface area contributed by atoms with Crippen LogP contribution in [0.1, 0.15) is 22.3 Å². The second-order valence-electron chi connectivity index (χ2n) is 5.56. The standard InChI is InChI=1S/C18H21Cl2N/c1-12-4-5-13(2)15(8-12)10-17(21-3)9-14-6-7-16(19)11-18(14)20/h4-8,11,17,21H,9-10H2,1-3H3. The Bertz CT molecular complexity index is 623. The Hall–Kier alpha value is -1.02. The smallest absolute Gasteiger partial charge is 0.0453 e. The Morgan fingerprint density at radius 1 is 0.952 bits per heavy atom. The van der Waals surface area contributed by atoms with E-state index in [-0.39, 0.29) is 0 Å². The molecule has 0 aliphatic carbocycles. The first-order chi connectivity index (χ1) is 9.99. The van der Waals surface area contributed by atoms with Gasteiger partial charge in [0.05, 0.1) is 0 Å². The molecule has 112 valence electrons. The zero-order valence-corrected chi connectivity index (χ0v) is 14.2. The van der Waals surface area contributed by atoms with Crippen LogP contribution in [0.3, 0.4) is 0 Å². The summed E-state index contributed by atoms with van der Waals surface area (Å²) >= 11 is 12.2. The van der Waals surface area contributed by atoms with Crippen LogP contribution in [0.4, 0.5) is 0 Å². The fourth-order valence-corrected chi connectivity index (χ4v) is 3.00. The second kappa shape index (κ2) is 7.31. The van der Waals surface area contributed by atoms with E-state index in [1.807, 2.05) is 25.2 Å². The third-order valence-corrected chi connectivity index (χ3v) is 4.45. The minimum Gasteiger partial charge on any atom is -0.316 e. The van der Waals surface area contributed by atoms with Crippen molar-refractivity contribution in [3.63, 3.8) is 0 Å². The zero-order chi connectivity index (χ0) is 15.4. The van der Waals surface area contributed by atoms with Gasteiger partial charge in [0.1, 0.15) is 0 Å². The van der Waals surface area contributed by atoms with Crippen molar-refractivity contribution in [1.29, 1.82) is 0 Å². The van der Waals surface area contributed by atoms with E-state index in [9.17, 15) is 0 Å². The molecule has 1 atom stereocenters. The highest BCUT2D eigenvalue weighted by molar-refractivity contribution is 6.35. The number of nitrogens with one attached hydrogen (secondary N) is 1. The fourth-order valence-electron chi connectivity index (χ4n) is 2.51. The SMILES string of the molecule is CNC(Cc1cc(C)ccc1C)Cc1ccc(Cl)cc1Cl. The zero-order valence-electron chi connectivity index (χ0n) is 12.7. The van der Waals surface area contributed by atoms with Crippen molar-refractivity contribution < 1.29 is 0 Å². The predicted octanol–water partition coefficient (Wildman–Crippen LogP) is 4.98. The average molecular weight is 322 g/mol. The van der Waals surface area contributed by atoms with Gasteiger partial charge in [-0.2, -0.15) is 0 Å². The molecule has 1 unspecified atom stereocenters. The molecule has 0 amide bonds. The number of halogens is 2. The van der Waals surface area contributed by atoms with Crippen molar-refractivity contribution in [2.45, 2.75) is 32.7 Å². The first-order valence-electron chi connectivity index (χ1n) is 7.17. The van der Waals surface area contributed by atoms with Crippen LogP contribution in [0.25, 0.3) is 0 Å². The maximum absolute atomic E-state index is 6.28. The van der Waals surface area contributed by atoms with Gasteiger partial charge in [-0.3, -0.25) is 0 Å². The molecular weight excluding hydrogens is 301 g/mol. The third kappa shape index (κ3) is 4.47. The van der Waals surface area contributed by atoms with E-state index in [1.165, 1.54) is 16.7 Å². The summed E-state index contributed by atoms with van der Waals surface area (Å²) in [4.78, 5) is 0. The first kappa shape index (κ1) is 16.4. The monoisotopic (exact) mass is 321 g/mol. The van der Waals surface area contributed by atoms with Crippen molar-refractivity contribution >= 4 is 23.2 Å². The van der Waals surface area contributed by atoms with Crippen LogP contribution in [0.2, 0.25) is 10.0 Å². The van der Waals surface area contributed by atoms with Crippen molar-refractivity contribution in [3.05, 3.63) is 68.7 Å². The van der Waals surface area contributed by atoms with Crippen LogP contribution < -0.4 is 5.32 Å². The number of hydrogen-bond donors (Lipinski definition) is 1. The van der Waals surface area contributed by atoms with E-state index in [1.54, 1.807) is 0 Å². The first-order valence-corrected chi connectivity index (χ1v) is 7.92. The van der Waals surface area contributed by atoms with Crippen LogP contribution >= 0.6 is 23.2 Å². The molecule has 0 aromatic heterocycles. The van der Waals surface area contributed by atoms with Crippen molar-refractivity contribution in [2.24, 2.45) is 0 Å². The number of aryl methyl sites for hydroxylation is 2. The average Bonchev–Trinajstić information content (AvgIpc) is 2.44. The van der Waals surface area contributed by atoms with Gasteiger partial charge in [0.15, 0.2) is 0 Å². The summed E-state index contributed by atoms with van der Waals surface area (Å²) < 4.78 is 0. The summed E-state index contributed by atoms with van der Waals surface area (Å²) in [7, 11) is 2.00. The summed E-state index contributed by atoms with van der Waals surface area (Å²) in [6.45, 7) is 4.30. The van der Waals surface area contributed by atoms with Gasteiger partial charge in [-0.15, -0.1) is 0 Å². The maximum Gasteiger partial charge on any atom is 0.0453 e. The molecule has 0 saturated heterocycles. The summed E-state index contributed by atoms with van der Waals surface area (Å²) in [5, 5.41) is 4.82. The van der Waals surface area contributed by atoms with Crippen LogP contribution in [0.15, 0.2) is 36.4 Å². The molecule has 0 fully saturated rings. The number of benzene rings is 2. The Morgan fingerprint density at radius 3 is 2.33 bits per heavy atom.